The Balaban J connectivity index is 0.00000385. The molecule has 0 atom stereocenters. The van der Waals surface area contributed by atoms with Crippen LogP contribution < -0.4 is 15.4 Å². The Hall–Kier alpha value is -2.29. The second-order valence-corrected chi connectivity index (χ2v) is 8.63. The predicted molar refractivity (Wildman–Crippen MR) is 146 cm³/mol. The Bertz CT molecular complexity index is 922. The zero-order chi connectivity index (χ0) is 23.0. The lowest BCUT2D eigenvalue weighted by Crippen LogP contribution is -2.44. The molecule has 1 saturated carbocycles. The van der Waals surface area contributed by atoms with Crippen molar-refractivity contribution in [3.8, 4) is 5.75 Å². The molecule has 3 rings (SSSR count). The van der Waals surface area contributed by atoms with E-state index in [1.165, 1.54) is 18.4 Å². The van der Waals surface area contributed by atoms with Gasteiger partial charge in [0.05, 0.1) is 13.7 Å². The van der Waals surface area contributed by atoms with E-state index in [0.29, 0.717) is 12.1 Å². The number of halogens is 1. The van der Waals surface area contributed by atoms with E-state index >= 15 is 0 Å². The fourth-order valence-corrected chi connectivity index (χ4v) is 4.45. The minimum atomic E-state index is 0. The molecule has 0 heterocycles. The van der Waals surface area contributed by atoms with E-state index in [2.05, 4.69) is 35.8 Å². The Morgan fingerprint density at radius 3 is 2.33 bits per heavy atom. The van der Waals surface area contributed by atoms with Crippen LogP contribution >= 0.6 is 24.0 Å². The summed E-state index contributed by atoms with van der Waals surface area (Å²) < 4.78 is 5.68. The van der Waals surface area contributed by atoms with E-state index in [1.807, 2.05) is 30.3 Å². The number of hydrogen-bond donors (Lipinski definition) is 2. The van der Waals surface area contributed by atoms with Gasteiger partial charge in [-0.25, -0.2) is 4.99 Å². The van der Waals surface area contributed by atoms with Gasteiger partial charge in [-0.05, 0) is 43.5 Å². The van der Waals surface area contributed by atoms with Crippen LogP contribution in [0.4, 0.5) is 0 Å². The van der Waals surface area contributed by atoms with Gasteiger partial charge in [-0.15, -0.1) is 24.0 Å². The minimum absolute atomic E-state index is 0. The van der Waals surface area contributed by atoms with Crippen LogP contribution in [-0.4, -0.2) is 51.1 Å². The zero-order valence-corrected chi connectivity index (χ0v) is 22.5. The molecule has 2 aromatic carbocycles. The number of guanidine groups is 1. The standard InChI is InChI=1S/C26H36N4O2.HI/c1-5-27-25(28-18-20-12-14-21(15-13-20)24(31)30(2)3)29-19-26(16-8-9-17-26)22-10-6-7-11-23(22)32-4;/h6-7,10-15H,5,8-9,16-19H2,1-4H3,(H2,27,28,29);1H. The molecule has 0 bridgehead atoms. The third kappa shape index (κ3) is 6.85. The van der Waals surface area contributed by atoms with Crippen molar-refractivity contribution in [3.63, 3.8) is 0 Å². The van der Waals surface area contributed by atoms with Gasteiger partial charge in [0.15, 0.2) is 5.96 Å². The number of carbonyl (C=O) groups excluding carboxylic acids is 1. The lowest BCUT2D eigenvalue weighted by molar-refractivity contribution is 0.0827. The van der Waals surface area contributed by atoms with Crippen molar-refractivity contribution in [3.05, 3.63) is 65.2 Å². The van der Waals surface area contributed by atoms with E-state index in [1.54, 1.807) is 26.1 Å². The van der Waals surface area contributed by atoms with Crippen molar-refractivity contribution in [2.75, 3.05) is 34.3 Å². The lowest BCUT2D eigenvalue weighted by atomic mass is 9.78. The molecule has 1 fully saturated rings. The predicted octanol–water partition coefficient (Wildman–Crippen LogP) is 4.58. The third-order valence-corrected chi connectivity index (χ3v) is 6.20. The summed E-state index contributed by atoms with van der Waals surface area (Å²) in [5.41, 5.74) is 3.09. The summed E-state index contributed by atoms with van der Waals surface area (Å²) in [6.45, 7) is 4.23. The van der Waals surface area contributed by atoms with Crippen LogP contribution in [0.5, 0.6) is 5.75 Å². The number of nitrogens with one attached hydrogen (secondary N) is 2. The fourth-order valence-electron chi connectivity index (χ4n) is 4.45. The second-order valence-electron chi connectivity index (χ2n) is 8.63. The van der Waals surface area contributed by atoms with Crippen molar-refractivity contribution >= 4 is 35.8 Å². The van der Waals surface area contributed by atoms with Crippen molar-refractivity contribution in [2.45, 2.75) is 44.6 Å². The van der Waals surface area contributed by atoms with E-state index in [9.17, 15) is 4.79 Å². The Labute approximate surface area is 215 Å². The van der Waals surface area contributed by atoms with Crippen molar-refractivity contribution in [1.29, 1.82) is 0 Å². The SMILES string of the molecule is CCNC(=NCc1ccc(C(=O)N(C)C)cc1)NCC1(c2ccccc2OC)CCCC1.I. The summed E-state index contributed by atoms with van der Waals surface area (Å²) in [7, 11) is 5.27. The van der Waals surface area contributed by atoms with E-state index in [-0.39, 0.29) is 35.3 Å². The van der Waals surface area contributed by atoms with Crippen LogP contribution in [0.1, 0.15) is 54.1 Å². The summed E-state index contributed by atoms with van der Waals surface area (Å²) in [5, 5.41) is 6.96. The van der Waals surface area contributed by atoms with Gasteiger partial charge in [0.1, 0.15) is 5.75 Å². The highest BCUT2D eigenvalue weighted by Gasteiger charge is 2.37. The maximum atomic E-state index is 12.1. The highest BCUT2D eigenvalue weighted by atomic mass is 127. The summed E-state index contributed by atoms with van der Waals surface area (Å²) in [5.74, 6) is 1.78. The molecule has 0 aromatic heterocycles. The molecule has 0 aliphatic heterocycles. The molecule has 1 amide bonds. The molecule has 180 valence electrons. The molecule has 2 N–H and O–H groups in total. The first-order valence-electron chi connectivity index (χ1n) is 11.5. The Morgan fingerprint density at radius 1 is 1.06 bits per heavy atom. The van der Waals surface area contributed by atoms with Gasteiger partial charge in [-0.1, -0.05) is 43.2 Å². The number of hydrogen-bond acceptors (Lipinski definition) is 3. The van der Waals surface area contributed by atoms with Crippen molar-refractivity contribution < 1.29 is 9.53 Å². The fraction of sp³-hybridized carbons (Fsp3) is 0.462. The molecule has 7 heteroatoms. The summed E-state index contributed by atoms with van der Waals surface area (Å²) >= 11 is 0. The van der Waals surface area contributed by atoms with Crippen LogP contribution in [0.15, 0.2) is 53.5 Å². The van der Waals surface area contributed by atoms with Gasteiger partial charge in [-0.3, -0.25) is 4.79 Å². The maximum Gasteiger partial charge on any atom is 0.253 e. The molecule has 6 nitrogen and oxygen atoms in total. The molecule has 1 aliphatic carbocycles. The number of rotatable bonds is 8. The smallest absolute Gasteiger partial charge is 0.253 e. The summed E-state index contributed by atoms with van der Waals surface area (Å²) in [6.07, 6.45) is 4.74. The molecular formula is C26H37IN4O2. The second kappa shape index (κ2) is 12.8. The quantitative estimate of drug-likeness (QED) is 0.280. The van der Waals surface area contributed by atoms with E-state index < -0.39 is 0 Å². The molecule has 0 unspecified atom stereocenters. The molecule has 1 aliphatic rings. The van der Waals surface area contributed by atoms with E-state index in [4.69, 9.17) is 9.73 Å². The molecule has 0 radical (unpaired) electrons. The van der Waals surface area contributed by atoms with Gasteiger partial charge >= 0.3 is 0 Å². The minimum Gasteiger partial charge on any atom is -0.496 e. The first kappa shape index (κ1) is 27.0. The Morgan fingerprint density at radius 2 is 1.73 bits per heavy atom. The number of methoxy groups -OCH3 is 1. The molecular weight excluding hydrogens is 527 g/mol. The monoisotopic (exact) mass is 564 g/mol. The van der Waals surface area contributed by atoms with Gasteiger partial charge in [-0.2, -0.15) is 0 Å². The third-order valence-electron chi connectivity index (χ3n) is 6.20. The largest absolute Gasteiger partial charge is 0.496 e. The molecule has 0 saturated heterocycles. The first-order valence-corrected chi connectivity index (χ1v) is 11.5. The number of para-hydroxylation sites is 1. The topological polar surface area (TPSA) is 66.0 Å². The molecule has 2 aromatic rings. The van der Waals surface area contributed by atoms with Crippen molar-refractivity contribution in [2.24, 2.45) is 4.99 Å². The van der Waals surface area contributed by atoms with Crippen LogP contribution in [0.3, 0.4) is 0 Å². The molecule has 0 spiro atoms. The normalized spacial score (nSPS) is 14.8. The van der Waals surface area contributed by atoms with Gasteiger partial charge in [0, 0.05) is 43.7 Å². The van der Waals surface area contributed by atoms with Crippen LogP contribution in [0, 0.1) is 0 Å². The average molecular weight is 565 g/mol. The average Bonchev–Trinajstić information content (AvgIpc) is 3.30. The first-order chi connectivity index (χ1) is 15.5. The number of ether oxygens (including phenoxy) is 1. The van der Waals surface area contributed by atoms with E-state index in [0.717, 1.165) is 43.2 Å². The number of aliphatic imine (C=N–C) groups is 1. The van der Waals surface area contributed by atoms with Gasteiger partial charge < -0.3 is 20.3 Å². The number of benzene rings is 2. The maximum absolute atomic E-state index is 12.1. The Kier molecular flexibility index (Phi) is 10.5. The van der Waals surface area contributed by atoms with Crippen LogP contribution in [-0.2, 0) is 12.0 Å². The number of carbonyl (C=O) groups is 1. The highest BCUT2D eigenvalue weighted by molar-refractivity contribution is 14.0. The molecule has 33 heavy (non-hydrogen) atoms. The van der Waals surface area contributed by atoms with Gasteiger partial charge in [0.2, 0.25) is 0 Å². The zero-order valence-electron chi connectivity index (χ0n) is 20.2. The van der Waals surface area contributed by atoms with Gasteiger partial charge in [0.25, 0.3) is 5.91 Å². The van der Waals surface area contributed by atoms with Crippen molar-refractivity contribution in [1.82, 2.24) is 15.5 Å². The van der Waals surface area contributed by atoms with Crippen LogP contribution in [0.25, 0.3) is 0 Å². The summed E-state index contributed by atoms with van der Waals surface area (Å²) in [6, 6.07) is 16.1. The lowest BCUT2D eigenvalue weighted by Gasteiger charge is -2.32. The number of amides is 1. The summed E-state index contributed by atoms with van der Waals surface area (Å²) in [4.78, 5) is 18.5. The number of nitrogens with zero attached hydrogens (tertiary/aromatic N) is 2. The highest BCUT2D eigenvalue weighted by Crippen LogP contribution is 2.44. The van der Waals surface area contributed by atoms with Crippen LogP contribution in [0.2, 0.25) is 0 Å².